The Morgan fingerprint density at radius 3 is 2.39 bits per heavy atom. The van der Waals surface area contributed by atoms with Crippen molar-refractivity contribution >= 4 is 11.8 Å². The number of rotatable bonds is 8. The zero-order valence-electron chi connectivity index (χ0n) is 19.2. The zero-order chi connectivity index (χ0) is 25.7. The van der Waals surface area contributed by atoms with Gasteiger partial charge in [0.25, 0.3) is 0 Å². The highest BCUT2D eigenvalue weighted by Crippen LogP contribution is 2.29. The van der Waals surface area contributed by atoms with E-state index >= 15 is 0 Å². The minimum Gasteiger partial charge on any atom is -0.487 e. The van der Waals surface area contributed by atoms with Crippen molar-refractivity contribution in [3.63, 3.8) is 0 Å². The second kappa shape index (κ2) is 10.5. The fourth-order valence-corrected chi connectivity index (χ4v) is 3.56. The molecule has 0 bridgehead atoms. The van der Waals surface area contributed by atoms with E-state index in [1.807, 2.05) is 48.5 Å². The van der Waals surface area contributed by atoms with Gasteiger partial charge in [-0.25, -0.2) is 9.78 Å². The third kappa shape index (κ3) is 6.18. The van der Waals surface area contributed by atoms with Crippen molar-refractivity contribution in [1.82, 2.24) is 9.97 Å². The van der Waals surface area contributed by atoms with E-state index in [0.29, 0.717) is 18.1 Å². The highest BCUT2D eigenvalue weighted by molar-refractivity contribution is 5.87. The van der Waals surface area contributed by atoms with Crippen LogP contribution in [0.25, 0.3) is 11.1 Å². The molecule has 6 nitrogen and oxygen atoms in total. The summed E-state index contributed by atoms with van der Waals surface area (Å²) in [4.78, 5) is 20.7. The number of halogens is 3. The Labute approximate surface area is 205 Å². The lowest BCUT2D eigenvalue weighted by molar-refractivity contribution is -0.137. The van der Waals surface area contributed by atoms with Crippen molar-refractivity contribution in [2.75, 3.05) is 11.9 Å². The number of alkyl halides is 3. The van der Waals surface area contributed by atoms with Gasteiger partial charge >= 0.3 is 12.1 Å². The second-order valence-electron chi connectivity index (χ2n) is 8.16. The first-order chi connectivity index (χ1) is 17.2. The molecule has 0 radical (unpaired) electrons. The van der Waals surface area contributed by atoms with Crippen LogP contribution in [0.5, 0.6) is 5.75 Å². The normalized spacial score (nSPS) is 11.2. The first-order valence-electron chi connectivity index (χ1n) is 10.9. The molecular weight excluding hydrogens is 471 g/mol. The number of benzene rings is 2. The summed E-state index contributed by atoms with van der Waals surface area (Å²) < 4.78 is 44.0. The van der Waals surface area contributed by atoms with Crippen molar-refractivity contribution in [2.24, 2.45) is 0 Å². The number of hydrogen-bond donors (Lipinski definition) is 1. The molecule has 0 aliphatic carbocycles. The van der Waals surface area contributed by atoms with Gasteiger partial charge in [-0.15, -0.1) is 0 Å². The number of aromatic nitrogens is 2. The topological polar surface area (TPSA) is 75.5 Å². The predicted molar refractivity (Wildman–Crippen MR) is 129 cm³/mol. The number of aromatic carboxylic acids is 1. The van der Waals surface area contributed by atoms with Crippen LogP contribution in [0.15, 0.2) is 85.3 Å². The second-order valence-corrected chi connectivity index (χ2v) is 8.16. The molecule has 0 amide bonds. The third-order valence-corrected chi connectivity index (χ3v) is 5.47. The van der Waals surface area contributed by atoms with Crippen LogP contribution < -0.4 is 9.64 Å². The summed E-state index contributed by atoms with van der Waals surface area (Å²) in [6, 6.07) is 19.5. The molecule has 9 heteroatoms. The fraction of sp³-hybridized carbons (Fsp3) is 0.148. The van der Waals surface area contributed by atoms with Gasteiger partial charge in [-0.05, 0) is 46.5 Å². The van der Waals surface area contributed by atoms with Gasteiger partial charge < -0.3 is 14.7 Å². The lowest BCUT2D eigenvalue weighted by Gasteiger charge is -2.19. The fourth-order valence-electron chi connectivity index (χ4n) is 3.56. The SMILES string of the molecule is CN(Cc1cccc(-c2ccc(COc3cncc(C(=O)O)c3)cc2)c1)c1ccc(C(F)(F)F)cn1. The number of ether oxygens (including phenoxy) is 1. The third-order valence-electron chi connectivity index (χ3n) is 5.47. The van der Waals surface area contributed by atoms with Crippen LogP contribution in [0.2, 0.25) is 0 Å². The molecule has 0 atom stereocenters. The highest BCUT2D eigenvalue weighted by atomic mass is 19.4. The molecular formula is C27H22F3N3O3. The van der Waals surface area contributed by atoms with E-state index < -0.39 is 17.7 Å². The largest absolute Gasteiger partial charge is 0.487 e. The van der Waals surface area contributed by atoms with Crippen molar-refractivity contribution in [1.29, 1.82) is 0 Å². The molecule has 0 fully saturated rings. The van der Waals surface area contributed by atoms with Gasteiger partial charge in [0, 0.05) is 26.0 Å². The molecule has 0 saturated carbocycles. The molecule has 2 heterocycles. The number of pyridine rings is 2. The molecule has 0 spiro atoms. The van der Waals surface area contributed by atoms with Gasteiger partial charge in [0.05, 0.1) is 17.3 Å². The van der Waals surface area contributed by atoms with Crippen LogP contribution >= 0.6 is 0 Å². The van der Waals surface area contributed by atoms with E-state index in [1.165, 1.54) is 24.5 Å². The first-order valence-corrected chi connectivity index (χ1v) is 10.9. The maximum atomic E-state index is 12.8. The minimum absolute atomic E-state index is 0.0578. The Morgan fingerprint density at radius 2 is 1.72 bits per heavy atom. The van der Waals surface area contributed by atoms with Gasteiger partial charge in [0.15, 0.2) is 0 Å². The number of carboxylic acid groups (broad SMARTS) is 1. The molecule has 2 aromatic heterocycles. The Hall–Kier alpha value is -4.40. The van der Waals surface area contributed by atoms with Gasteiger partial charge in [-0.1, -0.05) is 42.5 Å². The first kappa shape index (κ1) is 24.7. The van der Waals surface area contributed by atoms with Crippen molar-refractivity contribution in [3.05, 3.63) is 108 Å². The van der Waals surface area contributed by atoms with Gasteiger partial charge in [0.2, 0.25) is 0 Å². The van der Waals surface area contributed by atoms with Crippen LogP contribution in [0, 0.1) is 0 Å². The molecule has 36 heavy (non-hydrogen) atoms. The Morgan fingerprint density at radius 1 is 0.944 bits per heavy atom. The summed E-state index contributed by atoms with van der Waals surface area (Å²) in [5.41, 5.74) is 3.15. The molecule has 184 valence electrons. The standard InChI is InChI=1S/C27H22F3N3O3/c1-33(25-10-9-23(14-32-25)27(28,29)30)16-19-3-2-4-21(11-19)20-7-5-18(6-8-20)17-36-24-12-22(26(34)35)13-31-15-24/h2-15H,16-17H2,1H3,(H,34,35). The van der Waals surface area contributed by atoms with Crippen LogP contribution in [0.1, 0.15) is 27.0 Å². The summed E-state index contributed by atoms with van der Waals surface area (Å²) in [6.45, 7) is 0.734. The summed E-state index contributed by atoms with van der Waals surface area (Å²) >= 11 is 0. The smallest absolute Gasteiger partial charge is 0.417 e. The van der Waals surface area contributed by atoms with Crippen LogP contribution in [-0.2, 0) is 19.3 Å². The van der Waals surface area contributed by atoms with Crippen LogP contribution in [0.4, 0.5) is 19.0 Å². The summed E-state index contributed by atoms with van der Waals surface area (Å²) in [7, 11) is 1.78. The Bertz CT molecular complexity index is 1340. The van der Waals surface area contributed by atoms with E-state index in [4.69, 9.17) is 9.84 Å². The minimum atomic E-state index is -4.41. The van der Waals surface area contributed by atoms with Crippen LogP contribution in [-0.4, -0.2) is 28.1 Å². The summed E-state index contributed by atoms with van der Waals surface area (Å²) in [5.74, 6) is -0.249. The zero-order valence-corrected chi connectivity index (χ0v) is 19.2. The van der Waals surface area contributed by atoms with Crippen LogP contribution in [0.3, 0.4) is 0 Å². The van der Waals surface area contributed by atoms with Crippen molar-refractivity contribution in [2.45, 2.75) is 19.3 Å². The molecule has 4 rings (SSSR count). The molecule has 0 aliphatic rings. The van der Waals surface area contributed by atoms with E-state index in [2.05, 4.69) is 9.97 Å². The average molecular weight is 493 g/mol. The van der Waals surface area contributed by atoms with Gasteiger partial charge in [0.1, 0.15) is 18.2 Å². The lowest BCUT2D eigenvalue weighted by Crippen LogP contribution is -2.18. The molecule has 4 aromatic rings. The molecule has 0 unspecified atom stereocenters. The number of carboxylic acids is 1. The molecule has 0 aliphatic heterocycles. The summed E-state index contributed by atoms with van der Waals surface area (Å²) in [5, 5.41) is 9.06. The van der Waals surface area contributed by atoms with E-state index in [1.54, 1.807) is 11.9 Å². The quantitative estimate of drug-likeness (QED) is 0.321. The van der Waals surface area contributed by atoms with E-state index in [9.17, 15) is 18.0 Å². The monoisotopic (exact) mass is 493 g/mol. The molecule has 1 N–H and O–H groups in total. The highest BCUT2D eigenvalue weighted by Gasteiger charge is 2.30. The Balaban J connectivity index is 1.40. The molecule has 2 aromatic carbocycles. The van der Waals surface area contributed by atoms with Gasteiger partial charge in [-0.3, -0.25) is 4.98 Å². The number of carbonyl (C=O) groups is 1. The Kier molecular flexibility index (Phi) is 7.19. The number of hydrogen-bond acceptors (Lipinski definition) is 5. The number of nitrogens with zero attached hydrogens (tertiary/aromatic N) is 3. The summed E-state index contributed by atoms with van der Waals surface area (Å²) in [6.07, 6.45) is -0.852. The maximum Gasteiger partial charge on any atom is 0.417 e. The van der Waals surface area contributed by atoms with Crippen molar-refractivity contribution in [3.8, 4) is 16.9 Å². The predicted octanol–water partition coefficient (Wildman–Crippen LogP) is 6.08. The molecule has 0 saturated heterocycles. The average Bonchev–Trinajstić information content (AvgIpc) is 2.87. The maximum absolute atomic E-state index is 12.8. The van der Waals surface area contributed by atoms with E-state index in [0.717, 1.165) is 34.5 Å². The van der Waals surface area contributed by atoms with Gasteiger partial charge in [-0.2, -0.15) is 13.2 Å². The lowest BCUT2D eigenvalue weighted by atomic mass is 10.0. The van der Waals surface area contributed by atoms with Crippen molar-refractivity contribution < 1.29 is 27.8 Å². The van der Waals surface area contributed by atoms with E-state index in [-0.39, 0.29) is 12.2 Å². The number of anilines is 1.